The van der Waals surface area contributed by atoms with E-state index in [-0.39, 0.29) is 0 Å². The highest BCUT2D eigenvalue weighted by atomic mass is 16.5. The minimum absolute atomic E-state index is 0.783. The third-order valence-electron chi connectivity index (χ3n) is 9.53. The number of para-hydroxylation sites is 3. The molecular weight excluding hydrogens is 580 g/mol. The van der Waals surface area contributed by atoms with Crippen molar-refractivity contribution in [1.82, 2.24) is 4.57 Å². The molecule has 0 N–H and O–H groups in total. The second-order valence-electron chi connectivity index (χ2n) is 12.2. The molecule has 4 heterocycles. The number of furan rings is 1. The van der Waals surface area contributed by atoms with E-state index in [0.29, 0.717) is 0 Å². The Hall–Kier alpha value is -6.46. The Labute approximate surface area is 269 Å². The van der Waals surface area contributed by atoms with Gasteiger partial charge in [-0.3, -0.25) is 4.57 Å². The molecule has 220 valence electrons. The van der Waals surface area contributed by atoms with Gasteiger partial charge < -0.3 is 18.8 Å². The van der Waals surface area contributed by atoms with Gasteiger partial charge in [-0.05, 0) is 71.8 Å². The predicted octanol–water partition coefficient (Wildman–Crippen LogP) is 12.0. The fourth-order valence-corrected chi connectivity index (χ4v) is 7.48. The normalized spacial score (nSPS) is 12.6. The zero-order chi connectivity index (χ0) is 30.6. The van der Waals surface area contributed by atoms with Gasteiger partial charge in [0, 0.05) is 39.0 Å². The molecule has 11 rings (SSSR count). The van der Waals surface area contributed by atoms with Gasteiger partial charge in [0.05, 0.1) is 16.7 Å². The van der Waals surface area contributed by atoms with E-state index >= 15 is 0 Å². The SMILES string of the molecule is c1ccc(-c2ccc(N(c3ccc4oc5ccccc5c4c3)c3cc4c5c(c3)c3cccc6c3n5-c3c(cccc3O4)O6)cc2)cc1. The Bertz CT molecular complexity index is 2740. The van der Waals surface area contributed by atoms with Gasteiger partial charge in [-0.1, -0.05) is 78.9 Å². The van der Waals surface area contributed by atoms with Crippen molar-refractivity contribution < 1.29 is 13.9 Å². The second kappa shape index (κ2) is 9.05. The fourth-order valence-electron chi connectivity index (χ4n) is 7.48. The van der Waals surface area contributed by atoms with Gasteiger partial charge in [0.25, 0.3) is 0 Å². The number of anilines is 3. The quantitative estimate of drug-likeness (QED) is 0.200. The van der Waals surface area contributed by atoms with Gasteiger partial charge in [0.1, 0.15) is 16.9 Å². The summed E-state index contributed by atoms with van der Waals surface area (Å²) in [4.78, 5) is 2.31. The molecular formula is C42H24N2O3. The maximum Gasteiger partial charge on any atom is 0.155 e. The van der Waals surface area contributed by atoms with Crippen molar-refractivity contribution in [2.75, 3.05) is 4.90 Å². The van der Waals surface area contributed by atoms with E-state index in [1.165, 1.54) is 11.1 Å². The van der Waals surface area contributed by atoms with E-state index in [2.05, 4.69) is 113 Å². The van der Waals surface area contributed by atoms with Gasteiger partial charge in [-0.15, -0.1) is 0 Å². The monoisotopic (exact) mass is 604 g/mol. The smallest absolute Gasteiger partial charge is 0.155 e. The topological polar surface area (TPSA) is 39.8 Å². The zero-order valence-corrected chi connectivity index (χ0v) is 25.0. The molecule has 0 amide bonds. The van der Waals surface area contributed by atoms with Gasteiger partial charge in [-0.2, -0.15) is 0 Å². The van der Waals surface area contributed by atoms with Crippen LogP contribution in [0.2, 0.25) is 0 Å². The molecule has 2 aliphatic rings. The summed E-state index contributed by atoms with van der Waals surface area (Å²) in [6.07, 6.45) is 0. The minimum atomic E-state index is 0.783. The molecule has 2 aliphatic heterocycles. The number of hydrogen-bond acceptors (Lipinski definition) is 4. The molecule has 7 aromatic carbocycles. The van der Waals surface area contributed by atoms with Gasteiger partial charge in [0.15, 0.2) is 23.0 Å². The van der Waals surface area contributed by atoms with Crippen LogP contribution >= 0.6 is 0 Å². The average molecular weight is 605 g/mol. The van der Waals surface area contributed by atoms with E-state index in [1.54, 1.807) is 0 Å². The first-order valence-corrected chi connectivity index (χ1v) is 15.8. The van der Waals surface area contributed by atoms with E-state index in [4.69, 9.17) is 13.9 Å². The summed E-state index contributed by atoms with van der Waals surface area (Å²) in [6.45, 7) is 0. The molecule has 47 heavy (non-hydrogen) atoms. The number of rotatable bonds is 4. The fraction of sp³-hybridized carbons (Fsp3) is 0. The van der Waals surface area contributed by atoms with Gasteiger partial charge in [-0.25, -0.2) is 0 Å². The summed E-state index contributed by atoms with van der Waals surface area (Å²) >= 11 is 0. The van der Waals surface area contributed by atoms with E-state index < -0.39 is 0 Å². The molecule has 5 nitrogen and oxygen atoms in total. The van der Waals surface area contributed by atoms with E-state index in [9.17, 15) is 0 Å². The molecule has 0 bridgehead atoms. The van der Waals surface area contributed by atoms with Crippen molar-refractivity contribution in [2.24, 2.45) is 0 Å². The van der Waals surface area contributed by atoms with Crippen LogP contribution in [-0.2, 0) is 0 Å². The Morgan fingerprint density at radius 1 is 0.404 bits per heavy atom. The Morgan fingerprint density at radius 3 is 1.91 bits per heavy atom. The number of ether oxygens (including phenoxy) is 2. The van der Waals surface area contributed by atoms with E-state index in [0.717, 1.165) is 89.5 Å². The summed E-state index contributed by atoms with van der Waals surface area (Å²) in [5.74, 6) is 3.25. The highest BCUT2D eigenvalue weighted by Crippen LogP contribution is 2.55. The Balaban J connectivity index is 1.18. The molecule has 0 unspecified atom stereocenters. The predicted molar refractivity (Wildman–Crippen MR) is 188 cm³/mol. The van der Waals surface area contributed by atoms with Crippen molar-refractivity contribution in [3.63, 3.8) is 0 Å². The lowest BCUT2D eigenvalue weighted by atomic mass is 10.0. The molecule has 0 spiro atoms. The maximum absolute atomic E-state index is 6.70. The largest absolute Gasteiger partial charge is 0.456 e. The summed E-state index contributed by atoms with van der Waals surface area (Å²) < 4.78 is 21.6. The molecule has 0 saturated heterocycles. The third-order valence-corrected chi connectivity index (χ3v) is 9.53. The Kier molecular flexibility index (Phi) is 4.78. The molecule has 9 aromatic rings. The number of fused-ring (bicyclic) bond motifs is 4. The standard InChI is InChI=1S/C42H24N2O3/c1-2-8-25(9-3-1)26-16-18-27(19-17-26)43(28-20-21-35-32(22-28)30-10-4-5-12-34(30)45-35)29-23-33-31-11-6-13-36-40(31)44-41(33)39(24-29)47-38-15-7-14-37(46-36)42(38)44/h1-24H. The van der Waals surface area contributed by atoms with Crippen molar-refractivity contribution in [3.8, 4) is 39.8 Å². The second-order valence-corrected chi connectivity index (χ2v) is 12.2. The van der Waals surface area contributed by atoms with Crippen molar-refractivity contribution in [2.45, 2.75) is 0 Å². The van der Waals surface area contributed by atoms with Crippen LogP contribution in [0.5, 0.6) is 23.0 Å². The highest BCUT2D eigenvalue weighted by molar-refractivity contribution is 6.16. The third kappa shape index (κ3) is 3.43. The molecule has 0 fully saturated rings. The lowest BCUT2D eigenvalue weighted by Crippen LogP contribution is -2.12. The first kappa shape index (κ1) is 24.8. The summed E-state index contributed by atoms with van der Waals surface area (Å²) in [6, 6.07) is 50.7. The van der Waals surface area contributed by atoms with Crippen LogP contribution in [-0.4, -0.2) is 4.57 Å². The lowest BCUT2D eigenvalue weighted by Gasteiger charge is -2.29. The van der Waals surface area contributed by atoms with Crippen LogP contribution in [0.4, 0.5) is 17.1 Å². The number of hydrogen-bond donors (Lipinski definition) is 0. The zero-order valence-electron chi connectivity index (χ0n) is 25.0. The average Bonchev–Trinajstić information content (AvgIpc) is 3.66. The van der Waals surface area contributed by atoms with Gasteiger partial charge in [0.2, 0.25) is 0 Å². The first-order chi connectivity index (χ1) is 23.3. The highest BCUT2D eigenvalue weighted by Gasteiger charge is 2.32. The van der Waals surface area contributed by atoms with E-state index in [1.807, 2.05) is 42.5 Å². The molecule has 5 heteroatoms. The van der Waals surface area contributed by atoms with Crippen LogP contribution in [0.3, 0.4) is 0 Å². The number of nitrogens with zero attached hydrogens (tertiary/aromatic N) is 2. The molecule has 0 radical (unpaired) electrons. The Morgan fingerprint density at radius 2 is 1.04 bits per heavy atom. The minimum Gasteiger partial charge on any atom is -0.456 e. The van der Waals surface area contributed by atoms with Crippen LogP contribution < -0.4 is 14.4 Å². The number of aromatic nitrogens is 1. The first-order valence-electron chi connectivity index (χ1n) is 15.8. The van der Waals surface area contributed by atoms with Crippen molar-refractivity contribution in [1.29, 1.82) is 0 Å². The molecule has 0 aliphatic carbocycles. The van der Waals surface area contributed by atoms with Gasteiger partial charge >= 0.3 is 0 Å². The van der Waals surface area contributed by atoms with Crippen LogP contribution in [0.15, 0.2) is 150 Å². The molecule has 0 atom stereocenters. The lowest BCUT2D eigenvalue weighted by molar-refractivity contribution is 0.444. The summed E-state index contributed by atoms with van der Waals surface area (Å²) in [5.41, 5.74) is 10.2. The van der Waals surface area contributed by atoms with Crippen LogP contribution in [0.1, 0.15) is 0 Å². The maximum atomic E-state index is 6.70. The van der Waals surface area contributed by atoms with Crippen molar-refractivity contribution >= 4 is 60.8 Å². The summed E-state index contributed by atoms with van der Waals surface area (Å²) in [5, 5.41) is 4.41. The van der Waals surface area contributed by atoms with Crippen molar-refractivity contribution in [3.05, 3.63) is 146 Å². The number of benzene rings is 7. The summed E-state index contributed by atoms with van der Waals surface area (Å²) in [7, 11) is 0. The van der Waals surface area contributed by atoms with Crippen LogP contribution in [0, 0.1) is 0 Å². The molecule has 0 saturated carbocycles. The van der Waals surface area contributed by atoms with Crippen LogP contribution in [0.25, 0.3) is 60.6 Å². The molecule has 2 aromatic heterocycles.